The normalized spacial score (nSPS) is 10.2. The van der Waals surface area contributed by atoms with Crippen LogP contribution in [0.3, 0.4) is 0 Å². The molecule has 0 aliphatic heterocycles. The Morgan fingerprint density at radius 2 is 2.18 bits per heavy atom. The van der Waals surface area contributed by atoms with Crippen molar-refractivity contribution in [3.05, 3.63) is 58.9 Å². The Balaban J connectivity index is 2.02. The van der Waals surface area contributed by atoms with Crippen LogP contribution in [0.15, 0.2) is 42.7 Å². The Morgan fingerprint density at radius 3 is 2.82 bits per heavy atom. The molecule has 0 bridgehead atoms. The van der Waals surface area contributed by atoms with Gasteiger partial charge < -0.3 is 10.5 Å². The first kappa shape index (κ1) is 11.9. The highest BCUT2D eigenvalue weighted by Gasteiger charge is 2.01. The molecule has 88 valence electrons. The molecule has 0 saturated carbocycles. The second-order valence-electron chi connectivity index (χ2n) is 3.61. The summed E-state index contributed by atoms with van der Waals surface area (Å²) in [5, 5.41) is 0.635. The van der Waals surface area contributed by atoms with Crippen molar-refractivity contribution in [3.63, 3.8) is 0 Å². The number of ether oxygens (including phenoxy) is 1. The summed E-state index contributed by atoms with van der Waals surface area (Å²) in [6.45, 7) is 0.911. The number of hydrogen-bond acceptors (Lipinski definition) is 3. The molecule has 1 heterocycles. The number of pyridine rings is 1. The number of benzene rings is 1. The quantitative estimate of drug-likeness (QED) is 0.905. The number of nitrogens with zero attached hydrogens (tertiary/aromatic N) is 1. The average Bonchev–Trinajstić information content (AvgIpc) is 2.38. The molecular formula is C13H13ClN2O. The molecule has 2 rings (SSSR count). The van der Waals surface area contributed by atoms with Gasteiger partial charge in [0, 0.05) is 29.5 Å². The standard InChI is InChI=1S/C13H13ClN2O/c14-13-6-12(4-3-11(13)7-15)17-9-10-2-1-5-16-8-10/h1-6,8H,7,9,15H2. The van der Waals surface area contributed by atoms with Gasteiger partial charge in [0.05, 0.1) is 0 Å². The number of aromatic nitrogens is 1. The molecule has 3 nitrogen and oxygen atoms in total. The second-order valence-corrected chi connectivity index (χ2v) is 4.01. The SMILES string of the molecule is NCc1ccc(OCc2cccnc2)cc1Cl. The van der Waals surface area contributed by atoms with E-state index in [1.54, 1.807) is 18.5 Å². The Labute approximate surface area is 105 Å². The molecule has 17 heavy (non-hydrogen) atoms. The van der Waals surface area contributed by atoms with E-state index in [4.69, 9.17) is 22.1 Å². The molecule has 0 aliphatic carbocycles. The third-order valence-corrected chi connectivity index (χ3v) is 2.72. The van der Waals surface area contributed by atoms with Crippen molar-refractivity contribution >= 4 is 11.6 Å². The number of halogens is 1. The van der Waals surface area contributed by atoms with Crippen LogP contribution in [0.2, 0.25) is 5.02 Å². The van der Waals surface area contributed by atoms with E-state index in [2.05, 4.69) is 4.98 Å². The Kier molecular flexibility index (Phi) is 3.96. The monoisotopic (exact) mass is 248 g/mol. The summed E-state index contributed by atoms with van der Waals surface area (Å²) in [7, 11) is 0. The largest absolute Gasteiger partial charge is 0.489 e. The van der Waals surface area contributed by atoms with E-state index in [0.717, 1.165) is 16.9 Å². The fourth-order valence-corrected chi connectivity index (χ4v) is 1.68. The van der Waals surface area contributed by atoms with Crippen molar-refractivity contribution < 1.29 is 4.74 Å². The third-order valence-electron chi connectivity index (χ3n) is 2.37. The Morgan fingerprint density at radius 1 is 1.29 bits per heavy atom. The van der Waals surface area contributed by atoms with E-state index in [-0.39, 0.29) is 0 Å². The van der Waals surface area contributed by atoms with E-state index in [1.165, 1.54) is 0 Å². The Bertz CT molecular complexity index is 488. The molecule has 1 aromatic heterocycles. The van der Waals surface area contributed by atoms with Crippen molar-refractivity contribution in [2.24, 2.45) is 5.73 Å². The van der Waals surface area contributed by atoms with Crippen LogP contribution in [0.5, 0.6) is 5.75 Å². The predicted molar refractivity (Wildman–Crippen MR) is 67.9 cm³/mol. The highest BCUT2D eigenvalue weighted by Crippen LogP contribution is 2.22. The first-order valence-electron chi connectivity index (χ1n) is 5.30. The topological polar surface area (TPSA) is 48.1 Å². The number of hydrogen-bond donors (Lipinski definition) is 1. The molecule has 0 spiro atoms. The van der Waals surface area contributed by atoms with Gasteiger partial charge in [0.25, 0.3) is 0 Å². The summed E-state index contributed by atoms with van der Waals surface area (Å²) in [5.74, 6) is 0.732. The molecule has 0 saturated heterocycles. The van der Waals surface area contributed by atoms with E-state index in [0.29, 0.717) is 18.2 Å². The van der Waals surface area contributed by atoms with Gasteiger partial charge >= 0.3 is 0 Å². The van der Waals surface area contributed by atoms with Crippen LogP contribution >= 0.6 is 11.6 Å². The molecular weight excluding hydrogens is 236 g/mol. The first-order valence-corrected chi connectivity index (χ1v) is 5.67. The van der Waals surface area contributed by atoms with Crippen molar-refractivity contribution in [2.45, 2.75) is 13.2 Å². The van der Waals surface area contributed by atoms with E-state index in [9.17, 15) is 0 Å². The summed E-state index contributed by atoms with van der Waals surface area (Å²) < 4.78 is 5.61. The molecule has 2 aromatic rings. The van der Waals surface area contributed by atoms with Gasteiger partial charge in [-0.1, -0.05) is 23.7 Å². The summed E-state index contributed by atoms with van der Waals surface area (Å²) in [6, 6.07) is 9.36. The van der Waals surface area contributed by atoms with Crippen LogP contribution in [-0.2, 0) is 13.2 Å². The lowest BCUT2D eigenvalue weighted by Gasteiger charge is -2.08. The zero-order valence-electron chi connectivity index (χ0n) is 9.27. The summed E-state index contributed by atoms with van der Waals surface area (Å²) >= 11 is 6.04. The van der Waals surface area contributed by atoms with E-state index in [1.807, 2.05) is 24.3 Å². The van der Waals surface area contributed by atoms with Gasteiger partial charge in [-0.2, -0.15) is 0 Å². The van der Waals surface area contributed by atoms with Gasteiger partial charge in [0.15, 0.2) is 0 Å². The Hall–Kier alpha value is -1.58. The molecule has 0 amide bonds. The fourth-order valence-electron chi connectivity index (χ4n) is 1.43. The molecule has 4 heteroatoms. The van der Waals surface area contributed by atoms with Crippen molar-refractivity contribution in [3.8, 4) is 5.75 Å². The molecule has 0 radical (unpaired) electrons. The zero-order valence-corrected chi connectivity index (χ0v) is 10.0. The molecule has 0 fully saturated rings. The minimum Gasteiger partial charge on any atom is -0.489 e. The minimum atomic E-state index is 0.432. The van der Waals surface area contributed by atoms with Crippen LogP contribution in [0.1, 0.15) is 11.1 Å². The average molecular weight is 249 g/mol. The third kappa shape index (κ3) is 3.19. The second kappa shape index (κ2) is 5.66. The lowest BCUT2D eigenvalue weighted by molar-refractivity contribution is 0.305. The van der Waals surface area contributed by atoms with Gasteiger partial charge in [-0.05, 0) is 23.8 Å². The van der Waals surface area contributed by atoms with Crippen molar-refractivity contribution in [1.82, 2.24) is 4.98 Å². The first-order chi connectivity index (χ1) is 8.29. The predicted octanol–water partition coefficient (Wildman–Crippen LogP) is 2.77. The van der Waals surface area contributed by atoms with E-state index >= 15 is 0 Å². The van der Waals surface area contributed by atoms with Crippen molar-refractivity contribution in [2.75, 3.05) is 0 Å². The molecule has 1 aromatic carbocycles. The minimum absolute atomic E-state index is 0.432. The highest BCUT2D eigenvalue weighted by atomic mass is 35.5. The maximum Gasteiger partial charge on any atom is 0.121 e. The van der Waals surface area contributed by atoms with Crippen molar-refractivity contribution in [1.29, 1.82) is 0 Å². The van der Waals surface area contributed by atoms with Crippen LogP contribution in [0.25, 0.3) is 0 Å². The molecule has 0 atom stereocenters. The van der Waals surface area contributed by atoms with Crippen LogP contribution in [-0.4, -0.2) is 4.98 Å². The number of nitrogens with two attached hydrogens (primary N) is 1. The van der Waals surface area contributed by atoms with Gasteiger partial charge in [0.1, 0.15) is 12.4 Å². The van der Waals surface area contributed by atoms with Gasteiger partial charge in [0.2, 0.25) is 0 Å². The zero-order chi connectivity index (χ0) is 12.1. The summed E-state index contributed by atoms with van der Waals surface area (Å²) in [5.41, 5.74) is 7.47. The molecule has 0 aliphatic rings. The van der Waals surface area contributed by atoms with Gasteiger partial charge in [-0.15, -0.1) is 0 Å². The smallest absolute Gasteiger partial charge is 0.121 e. The fraction of sp³-hybridized carbons (Fsp3) is 0.154. The van der Waals surface area contributed by atoms with Gasteiger partial charge in [-0.3, -0.25) is 4.98 Å². The maximum atomic E-state index is 6.04. The highest BCUT2D eigenvalue weighted by molar-refractivity contribution is 6.31. The van der Waals surface area contributed by atoms with Crippen LogP contribution < -0.4 is 10.5 Å². The number of rotatable bonds is 4. The maximum absolute atomic E-state index is 6.04. The lowest BCUT2D eigenvalue weighted by atomic mass is 10.2. The van der Waals surface area contributed by atoms with E-state index < -0.39 is 0 Å². The summed E-state index contributed by atoms with van der Waals surface area (Å²) in [4.78, 5) is 4.02. The molecule has 2 N–H and O–H groups in total. The van der Waals surface area contributed by atoms with Crippen LogP contribution in [0.4, 0.5) is 0 Å². The van der Waals surface area contributed by atoms with Crippen LogP contribution in [0, 0.1) is 0 Å². The molecule has 0 unspecified atom stereocenters. The lowest BCUT2D eigenvalue weighted by Crippen LogP contribution is -1.99. The summed E-state index contributed by atoms with van der Waals surface area (Å²) in [6.07, 6.45) is 3.51. The van der Waals surface area contributed by atoms with Gasteiger partial charge in [-0.25, -0.2) is 0 Å².